The summed E-state index contributed by atoms with van der Waals surface area (Å²) < 4.78 is 0. The van der Waals surface area contributed by atoms with Crippen LogP contribution in [0.2, 0.25) is 0 Å². The minimum atomic E-state index is -0.0833. The van der Waals surface area contributed by atoms with E-state index < -0.39 is 0 Å². The first-order valence-corrected chi connectivity index (χ1v) is 7.42. The largest absolute Gasteiger partial charge is 0.393 e. The number of aliphatic hydroxyl groups is 1. The Morgan fingerprint density at radius 2 is 1.74 bits per heavy atom. The number of benzene rings is 1. The quantitative estimate of drug-likeness (QED) is 0.843. The smallest absolute Gasteiger partial charge is 0.0541 e. The number of rotatable bonds is 2. The molecule has 2 N–H and O–H groups in total. The molecule has 1 fully saturated rings. The van der Waals surface area contributed by atoms with Gasteiger partial charge < -0.3 is 10.4 Å². The van der Waals surface area contributed by atoms with E-state index in [0.717, 1.165) is 25.7 Å². The van der Waals surface area contributed by atoms with Crippen molar-refractivity contribution in [3.05, 3.63) is 29.3 Å². The molecule has 1 aromatic carbocycles. The molecule has 2 nitrogen and oxygen atoms in total. The van der Waals surface area contributed by atoms with Crippen LogP contribution in [0.4, 0.5) is 5.69 Å². The van der Waals surface area contributed by atoms with Gasteiger partial charge in [-0.15, -0.1) is 0 Å². The predicted molar refractivity (Wildman–Crippen MR) is 81.8 cm³/mol. The molecular formula is C17H27NO. The highest BCUT2D eigenvalue weighted by Crippen LogP contribution is 2.29. The summed E-state index contributed by atoms with van der Waals surface area (Å²) in [6.07, 6.45) is 3.91. The van der Waals surface area contributed by atoms with Crippen LogP contribution in [0.25, 0.3) is 0 Å². The summed E-state index contributed by atoms with van der Waals surface area (Å²) in [6.45, 7) is 8.90. The third kappa shape index (κ3) is 3.73. The lowest BCUT2D eigenvalue weighted by Gasteiger charge is -2.28. The first-order valence-electron chi connectivity index (χ1n) is 7.42. The third-order valence-electron chi connectivity index (χ3n) is 4.16. The van der Waals surface area contributed by atoms with Crippen LogP contribution >= 0.6 is 0 Å². The molecule has 0 aliphatic heterocycles. The second-order valence-corrected chi connectivity index (χ2v) is 6.93. The van der Waals surface area contributed by atoms with E-state index in [4.69, 9.17) is 0 Å². The molecule has 106 valence electrons. The van der Waals surface area contributed by atoms with Gasteiger partial charge in [0.1, 0.15) is 0 Å². The van der Waals surface area contributed by atoms with Crippen LogP contribution in [-0.2, 0) is 5.41 Å². The second-order valence-electron chi connectivity index (χ2n) is 6.93. The minimum Gasteiger partial charge on any atom is -0.393 e. The van der Waals surface area contributed by atoms with E-state index in [9.17, 15) is 5.11 Å². The molecule has 0 saturated heterocycles. The fourth-order valence-electron chi connectivity index (χ4n) is 2.68. The molecule has 2 rings (SSSR count). The Morgan fingerprint density at radius 3 is 2.32 bits per heavy atom. The maximum absolute atomic E-state index is 9.57. The van der Waals surface area contributed by atoms with Crippen LogP contribution in [0.3, 0.4) is 0 Å². The normalized spacial score (nSPS) is 24.3. The van der Waals surface area contributed by atoms with Crippen molar-refractivity contribution < 1.29 is 5.11 Å². The van der Waals surface area contributed by atoms with Crippen molar-refractivity contribution in [3.63, 3.8) is 0 Å². The lowest BCUT2D eigenvalue weighted by molar-refractivity contribution is 0.126. The Hall–Kier alpha value is -1.02. The summed E-state index contributed by atoms with van der Waals surface area (Å²) in [4.78, 5) is 0. The van der Waals surface area contributed by atoms with Gasteiger partial charge in [-0.05, 0) is 55.2 Å². The molecule has 2 heteroatoms. The Bertz CT molecular complexity index is 425. The van der Waals surface area contributed by atoms with Crippen LogP contribution in [0.5, 0.6) is 0 Å². The van der Waals surface area contributed by atoms with Gasteiger partial charge in [-0.25, -0.2) is 0 Å². The van der Waals surface area contributed by atoms with Crippen molar-refractivity contribution in [1.29, 1.82) is 0 Å². The minimum absolute atomic E-state index is 0.0833. The van der Waals surface area contributed by atoms with Crippen molar-refractivity contribution >= 4 is 5.69 Å². The van der Waals surface area contributed by atoms with Gasteiger partial charge in [0.25, 0.3) is 0 Å². The predicted octanol–water partition coefficient (Wildman–Crippen LogP) is 4.01. The molecule has 0 atom stereocenters. The van der Waals surface area contributed by atoms with Gasteiger partial charge in [-0.1, -0.05) is 32.9 Å². The lowest BCUT2D eigenvalue weighted by Crippen LogP contribution is -2.28. The molecule has 0 amide bonds. The van der Waals surface area contributed by atoms with Crippen LogP contribution in [0.15, 0.2) is 18.2 Å². The van der Waals surface area contributed by atoms with Crippen LogP contribution < -0.4 is 5.32 Å². The highest BCUT2D eigenvalue weighted by Gasteiger charge is 2.20. The number of hydrogen-bond acceptors (Lipinski definition) is 2. The summed E-state index contributed by atoms with van der Waals surface area (Å²) in [6, 6.07) is 7.24. The lowest BCUT2D eigenvalue weighted by atomic mass is 9.86. The average molecular weight is 261 g/mol. The van der Waals surface area contributed by atoms with Crippen molar-refractivity contribution in [1.82, 2.24) is 0 Å². The molecule has 19 heavy (non-hydrogen) atoms. The highest BCUT2D eigenvalue weighted by atomic mass is 16.3. The van der Waals surface area contributed by atoms with Gasteiger partial charge in [0.2, 0.25) is 0 Å². The van der Waals surface area contributed by atoms with Crippen molar-refractivity contribution in [3.8, 4) is 0 Å². The molecule has 0 bridgehead atoms. The summed E-state index contributed by atoms with van der Waals surface area (Å²) >= 11 is 0. The van der Waals surface area contributed by atoms with E-state index in [0.29, 0.717) is 6.04 Å². The van der Waals surface area contributed by atoms with Crippen molar-refractivity contribution in [2.75, 3.05) is 5.32 Å². The van der Waals surface area contributed by atoms with Gasteiger partial charge in [0, 0.05) is 11.7 Å². The van der Waals surface area contributed by atoms with Crippen molar-refractivity contribution in [2.24, 2.45) is 0 Å². The van der Waals surface area contributed by atoms with E-state index in [1.54, 1.807) is 0 Å². The summed E-state index contributed by atoms with van der Waals surface area (Å²) in [5.74, 6) is 0. The Morgan fingerprint density at radius 1 is 1.11 bits per heavy atom. The summed E-state index contributed by atoms with van der Waals surface area (Å²) in [5.41, 5.74) is 4.12. The summed E-state index contributed by atoms with van der Waals surface area (Å²) in [5, 5.41) is 13.2. The Labute approximate surface area is 117 Å². The molecule has 0 spiro atoms. The number of anilines is 1. The topological polar surface area (TPSA) is 32.3 Å². The highest BCUT2D eigenvalue weighted by molar-refractivity contribution is 5.54. The third-order valence-corrected chi connectivity index (χ3v) is 4.16. The zero-order valence-electron chi connectivity index (χ0n) is 12.7. The van der Waals surface area contributed by atoms with Gasteiger partial charge >= 0.3 is 0 Å². The van der Waals surface area contributed by atoms with E-state index in [2.05, 4.69) is 51.2 Å². The fourth-order valence-corrected chi connectivity index (χ4v) is 2.68. The molecule has 1 aromatic rings. The standard InChI is InChI=1S/C17H27NO/c1-12-5-6-13(17(2,3)4)11-16(12)18-14-7-9-15(19)10-8-14/h5-6,11,14-15,18-19H,7-10H2,1-4H3. The second kappa shape index (κ2) is 5.54. The number of nitrogens with one attached hydrogen (secondary N) is 1. The van der Waals surface area contributed by atoms with Crippen LogP contribution in [-0.4, -0.2) is 17.3 Å². The molecule has 1 saturated carbocycles. The maximum Gasteiger partial charge on any atom is 0.0541 e. The van der Waals surface area contributed by atoms with E-state index in [-0.39, 0.29) is 11.5 Å². The van der Waals surface area contributed by atoms with E-state index in [1.165, 1.54) is 16.8 Å². The zero-order chi connectivity index (χ0) is 14.0. The SMILES string of the molecule is Cc1ccc(C(C)(C)C)cc1NC1CCC(O)CC1. The average Bonchev–Trinajstić information content (AvgIpc) is 2.33. The maximum atomic E-state index is 9.57. The molecule has 0 heterocycles. The van der Waals surface area contributed by atoms with Crippen LogP contribution in [0.1, 0.15) is 57.6 Å². The van der Waals surface area contributed by atoms with Crippen molar-refractivity contribution in [2.45, 2.75) is 70.9 Å². The fraction of sp³-hybridized carbons (Fsp3) is 0.647. The Kier molecular flexibility index (Phi) is 4.19. The molecule has 0 radical (unpaired) electrons. The van der Waals surface area contributed by atoms with Gasteiger partial charge in [0.15, 0.2) is 0 Å². The van der Waals surface area contributed by atoms with Gasteiger partial charge in [0.05, 0.1) is 6.10 Å². The monoisotopic (exact) mass is 261 g/mol. The van der Waals surface area contributed by atoms with Gasteiger partial charge in [-0.2, -0.15) is 0 Å². The van der Waals surface area contributed by atoms with Gasteiger partial charge in [-0.3, -0.25) is 0 Å². The Balaban J connectivity index is 2.11. The number of hydrogen-bond donors (Lipinski definition) is 2. The zero-order valence-corrected chi connectivity index (χ0v) is 12.7. The van der Waals surface area contributed by atoms with Crippen LogP contribution in [0, 0.1) is 6.92 Å². The van der Waals surface area contributed by atoms with E-state index in [1.807, 2.05) is 0 Å². The molecule has 1 aliphatic rings. The first kappa shape index (κ1) is 14.4. The molecule has 0 aromatic heterocycles. The summed E-state index contributed by atoms with van der Waals surface area (Å²) in [7, 11) is 0. The first-order chi connectivity index (χ1) is 8.86. The number of aliphatic hydroxyl groups excluding tert-OH is 1. The van der Waals surface area contributed by atoms with E-state index >= 15 is 0 Å². The molecule has 0 unspecified atom stereocenters. The molecular weight excluding hydrogens is 234 g/mol. The molecule has 1 aliphatic carbocycles. The number of aryl methyl sites for hydroxylation is 1.